The van der Waals surface area contributed by atoms with Crippen LogP contribution < -0.4 is 0 Å². The molecule has 0 aliphatic heterocycles. The maximum absolute atomic E-state index is 14.9. The molecule has 0 radical (unpaired) electrons. The molecule has 0 unspecified atom stereocenters. The van der Waals surface area contributed by atoms with E-state index >= 15 is 0 Å². The zero-order chi connectivity index (χ0) is 18.0. The lowest BCUT2D eigenvalue weighted by atomic mass is 10.0. The fourth-order valence-electron chi connectivity index (χ4n) is 2.88. The average Bonchev–Trinajstić information content (AvgIpc) is 3.37. The van der Waals surface area contributed by atoms with E-state index < -0.39 is 24.6 Å². The van der Waals surface area contributed by atoms with Gasteiger partial charge in [-0.05, 0) is 25.0 Å². The molecule has 3 N–H and O–H groups in total. The molecule has 0 saturated heterocycles. The minimum Gasteiger partial charge on any atom is -0.481 e. The van der Waals surface area contributed by atoms with E-state index in [0.717, 1.165) is 12.8 Å². The van der Waals surface area contributed by atoms with Crippen LogP contribution in [0.5, 0.6) is 0 Å². The summed E-state index contributed by atoms with van der Waals surface area (Å²) in [4.78, 5) is 15.1. The second kappa shape index (κ2) is 7.29. The summed E-state index contributed by atoms with van der Waals surface area (Å²) in [6, 6.07) is 7.00. The Morgan fingerprint density at radius 2 is 2.04 bits per heavy atom. The Bertz CT molecular complexity index is 816. The molecule has 1 aliphatic carbocycles. The lowest BCUT2D eigenvalue weighted by Gasteiger charge is -2.12. The third-order valence-corrected chi connectivity index (χ3v) is 4.27. The molecule has 132 valence electrons. The first kappa shape index (κ1) is 17.5. The molecular weight excluding hydrogens is 325 g/mol. The van der Waals surface area contributed by atoms with Gasteiger partial charge in [0.05, 0.1) is 29.8 Å². The lowest BCUT2D eigenvalue weighted by Crippen LogP contribution is -2.19. The summed E-state index contributed by atoms with van der Waals surface area (Å²) < 4.78 is 14.9. The predicted octanol–water partition coefficient (Wildman–Crippen LogP) is 2.85. The third-order valence-electron chi connectivity index (χ3n) is 4.27. The number of aliphatic hydroxyl groups is 2. The number of nitrogens with zero attached hydrogens (tertiary/aromatic N) is 1. The number of para-hydroxylation sites is 1. The molecule has 1 aliphatic rings. The Hall–Kier alpha value is -2.31. The van der Waals surface area contributed by atoms with Gasteiger partial charge in [0.25, 0.3) is 0 Å². The molecule has 1 fully saturated rings. The Kier molecular flexibility index (Phi) is 5.11. The second-order valence-electron chi connectivity index (χ2n) is 6.43. The maximum Gasteiger partial charge on any atom is 0.305 e. The summed E-state index contributed by atoms with van der Waals surface area (Å²) >= 11 is 0. The number of carboxylic acid groups (broad SMARTS) is 1. The average molecular weight is 345 g/mol. The van der Waals surface area contributed by atoms with Gasteiger partial charge < -0.3 is 15.3 Å². The van der Waals surface area contributed by atoms with Crippen LogP contribution in [0.2, 0.25) is 0 Å². The Labute approximate surface area is 144 Å². The first-order valence-electron chi connectivity index (χ1n) is 8.30. The van der Waals surface area contributed by atoms with Gasteiger partial charge in [-0.2, -0.15) is 0 Å². The highest BCUT2D eigenvalue weighted by atomic mass is 19.1. The number of carboxylic acids is 1. The molecule has 1 aromatic carbocycles. The van der Waals surface area contributed by atoms with E-state index in [-0.39, 0.29) is 18.2 Å². The van der Waals surface area contributed by atoms with E-state index in [1.165, 1.54) is 12.2 Å². The summed E-state index contributed by atoms with van der Waals surface area (Å²) in [5.41, 5.74) is 1.65. The standard InChI is InChI=1S/C19H20FNO4/c20-18-14-3-1-2-4-16(14)21-19(11-5-6-11)15(18)8-7-12(22)9-13(23)10-17(24)25/h1-4,7-8,11-13,22-23H,5-6,9-10H2,(H,24,25)/b8-7+/t12-,13-/m0/s1. The molecule has 0 spiro atoms. The van der Waals surface area contributed by atoms with Crippen molar-refractivity contribution >= 4 is 22.9 Å². The first-order chi connectivity index (χ1) is 12.0. The van der Waals surface area contributed by atoms with Crippen molar-refractivity contribution in [3.63, 3.8) is 0 Å². The van der Waals surface area contributed by atoms with Crippen LogP contribution in [-0.4, -0.2) is 38.5 Å². The van der Waals surface area contributed by atoms with Crippen LogP contribution >= 0.6 is 0 Å². The monoisotopic (exact) mass is 345 g/mol. The molecule has 1 saturated carbocycles. The van der Waals surface area contributed by atoms with Crippen molar-refractivity contribution < 1.29 is 24.5 Å². The number of carbonyl (C=O) groups is 1. The summed E-state index contributed by atoms with van der Waals surface area (Å²) in [6.45, 7) is 0. The molecule has 5 nitrogen and oxygen atoms in total. The number of hydrogen-bond donors (Lipinski definition) is 3. The number of aliphatic hydroxyl groups excluding tert-OH is 2. The molecule has 0 amide bonds. The Balaban J connectivity index is 1.86. The number of halogens is 1. The summed E-state index contributed by atoms with van der Waals surface area (Å²) in [7, 11) is 0. The van der Waals surface area contributed by atoms with Crippen molar-refractivity contribution in [3.05, 3.63) is 47.4 Å². The fourth-order valence-corrected chi connectivity index (χ4v) is 2.88. The number of benzene rings is 1. The minimum atomic E-state index is -1.15. The van der Waals surface area contributed by atoms with Gasteiger partial charge in [0.1, 0.15) is 5.82 Å². The van der Waals surface area contributed by atoms with Crippen LogP contribution in [0.15, 0.2) is 30.3 Å². The van der Waals surface area contributed by atoms with Gasteiger partial charge in [0, 0.05) is 23.3 Å². The highest BCUT2D eigenvalue weighted by molar-refractivity contribution is 5.82. The Morgan fingerprint density at radius 3 is 2.72 bits per heavy atom. The molecule has 25 heavy (non-hydrogen) atoms. The van der Waals surface area contributed by atoms with Gasteiger partial charge in [-0.15, -0.1) is 0 Å². The van der Waals surface area contributed by atoms with E-state index in [9.17, 15) is 19.4 Å². The van der Waals surface area contributed by atoms with Crippen LogP contribution in [0.1, 0.15) is 42.9 Å². The van der Waals surface area contributed by atoms with Crippen molar-refractivity contribution in [2.45, 2.75) is 43.8 Å². The van der Waals surface area contributed by atoms with Crippen molar-refractivity contribution in [2.75, 3.05) is 0 Å². The molecule has 1 aromatic heterocycles. The van der Waals surface area contributed by atoms with E-state index in [4.69, 9.17) is 5.11 Å². The van der Waals surface area contributed by atoms with Crippen molar-refractivity contribution in [3.8, 4) is 0 Å². The maximum atomic E-state index is 14.9. The number of pyridine rings is 1. The number of rotatable bonds is 7. The van der Waals surface area contributed by atoms with Gasteiger partial charge in [0.15, 0.2) is 0 Å². The van der Waals surface area contributed by atoms with E-state index in [0.29, 0.717) is 22.2 Å². The molecule has 3 rings (SSSR count). The third kappa shape index (κ3) is 4.21. The van der Waals surface area contributed by atoms with Gasteiger partial charge in [-0.3, -0.25) is 9.78 Å². The molecule has 2 atom stereocenters. The van der Waals surface area contributed by atoms with E-state index in [1.54, 1.807) is 18.2 Å². The Morgan fingerprint density at radius 1 is 1.32 bits per heavy atom. The minimum absolute atomic E-state index is 0.121. The SMILES string of the molecule is O=C(O)C[C@@H](O)C[C@@H](O)/C=C/c1c(C2CC2)nc2ccccc2c1F. The van der Waals surface area contributed by atoms with Gasteiger partial charge in [-0.1, -0.05) is 24.3 Å². The summed E-state index contributed by atoms with van der Waals surface area (Å²) in [6.07, 6.45) is 2.02. The predicted molar refractivity (Wildman–Crippen MR) is 91.6 cm³/mol. The molecule has 2 aromatic rings. The van der Waals surface area contributed by atoms with Gasteiger partial charge in [-0.25, -0.2) is 4.39 Å². The van der Waals surface area contributed by atoms with Crippen molar-refractivity contribution in [2.24, 2.45) is 0 Å². The number of fused-ring (bicyclic) bond motifs is 1. The van der Waals surface area contributed by atoms with Crippen molar-refractivity contribution in [1.29, 1.82) is 0 Å². The lowest BCUT2D eigenvalue weighted by molar-refractivity contribution is -0.139. The second-order valence-corrected chi connectivity index (χ2v) is 6.43. The number of aliphatic carboxylic acids is 1. The van der Waals surface area contributed by atoms with Gasteiger partial charge >= 0.3 is 5.97 Å². The van der Waals surface area contributed by atoms with E-state index in [1.807, 2.05) is 6.07 Å². The quantitative estimate of drug-likeness (QED) is 0.718. The van der Waals surface area contributed by atoms with Crippen LogP contribution in [0.3, 0.4) is 0 Å². The highest BCUT2D eigenvalue weighted by Gasteiger charge is 2.29. The molecule has 6 heteroatoms. The van der Waals surface area contributed by atoms with Crippen LogP contribution in [0.4, 0.5) is 4.39 Å². The van der Waals surface area contributed by atoms with Crippen LogP contribution in [0, 0.1) is 5.82 Å². The zero-order valence-electron chi connectivity index (χ0n) is 13.6. The van der Waals surface area contributed by atoms with E-state index in [2.05, 4.69) is 4.98 Å². The van der Waals surface area contributed by atoms with Crippen LogP contribution in [-0.2, 0) is 4.79 Å². The van der Waals surface area contributed by atoms with Gasteiger partial charge in [0.2, 0.25) is 0 Å². The summed E-state index contributed by atoms with van der Waals surface area (Å²) in [5.74, 6) is -1.28. The normalized spacial score (nSPS) is 17.1. The van der Waals surface area contributed by atoms with Crippen molar-refractivity contribution in [1.82, 2.24) is 4.98 Å². The number of hydrogen-bond acceptors (Lipinski definition) is 4. The summed E-state index contributed by atoms with van der Waals surface area (Å²) in [5, 5.41) is 28.6. The first-order valence-corrected chi connectivity index (χ1v) is 8.30. The smallest absolute Gasteiger partial charge is 0.305 e. The topological polar surface area (TPSA) is 90.7 Å². The fraction of sp³-hybridized carbons (Fsp3) is 0.368. The molecular formula is C19H20FNO4. The molecule has 0 bridgehead atoms. The number of aromatic nitrogens is 1. The zero-order valence-corrected chi connectivity index (χ0v) is 13.6. The largest absolute Gasteiger partial charge is 0.481 e. The highest BCUT2D eigenvalue weighted by Crippen LogP contribution is 2.42. The molecule has 1 heterocycles. The van der Waals surface area contributed by atoms with Crippen LogP contribution in [0.25, 0.3) is 17.0 Å².